The third-order valence-electron chi connectivity index (χ3n) is 4.89. The summed E-state index contributed by atoms with van der Waals surface area (Å²) in [4.78, 5) is 3.49. The van der Waals surface area contributed by atoms with Crippen LogP contribution in [0.4, 0.5) is 0 Å². The fraction of sp³-hybridized carbons (Fsp3) is 0. The molecule has 2 heteroatoms. The van der Waals surface area contributed by atoms with Crippen molar-refractivity contribution in [2.45, 2.75) is 0 Å². The molecule has 1 nitrogen and oxygen atoms in total. The molecule has 1 heterocycles. The van der Waals surface area contributed by atoms with Gasteiger partial charge >= 0.3 is 0 Å². The van der Waals surface area contributed by atoms with Gasteiger partial charge in [-0.1, -0.05) is 78.3 Å². The van der Waals surface area contributed by atoms with Crippen molar-refractivity contribution in [1.82, 2.24) is 4.98 Å². The van der Waals surface area contributed by atoms with Gasteiger partial charge in [-0.2, -0.15) is 0 Å². The number of benzene rings is 4. The minimum Gasteiger partial charge on any atom is -0.354 e. The van der Waals surface area contributed by atoms with Crippen molar-refractivity contribution in [3.05, 3.63) is 96.0 Å². The molecular weight excluding hydrogens is 338 g/mol. The highest BCUT2D eigenvalue weighted by Crippen LogP contribution is 2.36. The lowest BCUT2D eigenvalue weighted by molar-refractivity contribution is 1.54. The van der Waals surface area contributed by atoms with E-state index in [1.807, 2.05) is 24.3 Å². The second-order valence-electron chi connectivity index (χ2n) is 6.49. The summed E-state index contributed by atoms with van der Waals surface area (Å²) in [6, 6.07) is 31.6. The van der Waals surface area contributed by atoms with Crippen LogP contribution >= 0.6 is 11.6 Å². The molecule has 0 aliphatic carbocycles. The van der Waals surface area contributed by atoms with E-state index >= 15 is 0 Å². The summed E-state index contributed by atoms with van der Waals surface area (Å²) in [5.74, 6) is 0. The van der Waals surface area contributed by atoms with Crippen LogP contribution in [0.1, 0.15) is 0 Å². The van der Waals surface area contributed by atoms with Crippen molar-refractivity contribution in [2.75, 3.05) is 0 Å². The van der Waals surface area contributed by atoms with Crippen LogP contribution in [0, 0.1) is 0 Å². The molecule has 0 atom stereocenters. The van der Waals surface area contributed by atoms with Crippen LogP contribution in [-0.2, 0) is 0 Å². The number of hydrogen-bond acceptors (Lipinski definition) is 0. The molecule has 0 aliphatic rings. The first-order chi connectivity index (χ1) is 12.8. The minimum atomic E-state index is 0.757. The number of H-pyrrole nitrogens is 1. The van der Waals surface area contributed by atoms with Crippen LogP contribution < -0.4 is 0 Å². The fourth-order valence-electron chi connectivity index (χ4n) is 3.64. The van der Waals surface area contributed by atoms with Gasteiger partial charge in [0, 0.05) is 26.8 Å². The maximum Gasteiger partial charge on any atom is 0.0471 e. The normalized spacial score (nSPS) is 11.3. The van der Waals surface area contributed by atoms with Gasteiger partial charge in [-0.05, 0) is 46.5 Å². The molecule has 0 saturated carbocycles. The number of rotatable bonds is 2. The van der Waals surface area contributed by atoms with Crippen molar-refractivity contribution in [1.29, 1.82) is 0 Å². The van der Waals surface area contributed by atoms with Crippen molar-refractivity contribution < 1.29 is 0 Å². The lowest BCUT2D eigenvalue weighted by Crippen LogP contribution is -1.82. The largest absolute Gasteiger partial charge is 0.354 e. The number of nitrogens with one attached hydrogen (secondary N) is 1. The molecule has 0 fully saturated rings. The Morgan fingerprint density at radius 3 is 2.12 bits per heavy atom. The van der Waals surface area contributed by atoms with Gasteiger partial charge in [0.15, 0.2) is 0 Å². The summed E-state index contributed by atoms with van der Waals surface area (Å²) in [6.07, 6.45) is 0. The molecule has 1 aromatic heterocycles. The van der Waals surface area contributed by atoms with Gasteiger partial charge in [0.2, 0.25) is 0 Å². The zero-order valence-electron chi connectivity index (χ0n) is 14.0. The molecule has 5 aromatic rings. The molecule has 0 amide bonds. The van der Waals surface area contributed by atoms with Crippen LogP contribution in [0.3, 0.4) is 0 Å². The van der Waals surface area contributed by atoms with Gasteiger partial charge in [-0.25, -0.2) is 0 Å². The Labute approximate surface area is 156 Å². The predicted molar refractivity (Wildman–Crippen MR) is 112 cm³/mol. The van der Waals surface area contributed by atoms with Crippen LogP contribution in [-0.4, -0.2) is 4.98 Å². The summed E-state index contributed by atoms with van der Waals surface area (Å²) in [6.45, 7) is 0. The number of aromatic nitrogens is 1. The number of hydrogen-bond donors (Lipinski definition) is 1. The van der Waals surface area contributed by atoms with Gasteiger partial charge in [0.25, 0.3) is 0 Å². The molecule has 0 aliphatic heterocycles. The molecule has 0 unspecified atom stereocenters. The molecule has 0 saturated heterocycles. The van der Waals surface area contributed by atoms with Crippen molar-refractivity contribution in [3.63, 3.8) is 0 Å². The standard InChI is InChI=1S/C24H16ClN/c25-19-13-14-22-21(15-19)24-20(7-4-8-23(24)26-22)18-11-9-17(10-12-18)16-5-2-1-3-6-16/h1-15,26H. The molecule has 1 N–H and O–H groups in total. The average molecular weight is 354 g/mol. The van der Waals surface area contributed by atoms with Crippen LogP contribution in [0.5, 0.6) is 0 Å². The van der Waals surface area contributed by atoms with E-state index in [1.165, 1.54) is 27.6 Å². The van der Waals surface area contributed by atoms with Gasteiger partial charge in [0.05, 0.1) is 0 Å². The molecule has 0 radical (unpaired) electrons. The minimum absolute atomic E-state index is 0.757. The lowest BCUT2D eigenvalue weighted by atomic mass is 9.97. The van der Waals surface area contributed by atoms with E-state index in [9.17, 15) is 0 Å². The maximum atomic E-state index is 6.25. The van der Waals surface area contributed by atoms with Crippen molar-refractivity contribution in [2.24, 2.45) is 0 Å². The van der Waals surface area contributed by atoms with Gasteiger partial charge in [-0.15, -0.1) is 0 Å². The predicted octanol–water partition coefficient (Wildman–Crippen LogP) is 7.31. The van der Waals surface area contributed by atoms with E-state index in [2.05, 4.69) is 71.7 Å². The second kappa shape index (κ2) is 6.05. The van der Waals surface area contributed by atoms with Crippen LogP contribution in [0.25, 0.3) is 44.1 Å². The molecule has 4 aromatic carbocycles. The number of fused-ring (bicyclic) bond motifs is 3. The summed E-state index contributed by atoms with van der Waals surface area (Å²) >= 11 is 6.25. The highest BCUT2D eigenvalue weighted by Gasteiger charge is 2.11. The Kier molecular flexibility index (Phi) is 3.55. The van der Waals surface area contributed by atoms with E-state index < -0.39 is 0 Å². The van der Waals surface area contributed by atoms with Crippen LogP contribution in [0.2, 0.25) is 5.02 Å². The van der Waals surface area contributed by atoms with Crippen LogP contribution in [0.15, 0.2) is 91.0 Å². The second-order valence-corrected chi connectivity index (χ2v) is 6.92. The first-order valence-electron chi connectivity index (χ1n) is 8.65. The van der Waals surface area contributed by atoms with Crippen molar-refractivity contribution >= 4 is 33.4 Å². The van der Waals surface area contributed by atoms with E-state index in [0.717, 1.165) is 21.4 Å². The van der Waals surface area contributed by atoms with E-state index in [-0.39, 0.29) is 0 Å². The van der Waals surface area contributed by atoms with Gasteiger partial charge < -0.3 is 4.98 Å². The zero-order valence-corrected chi connectivity index (χ0v) is 14.8. The summed E-state index contributed by atoms with van der Waals surface area (Å²) in [7, 11) is 0. The third kappa shape index (κ3) is 2.49. The molecule has 124 valence electrons. The highest BCUT2D eigenvalue weighted by atomic mass is 35.5. The molecule has 5 rings (SSSR count). The summed E-state index contributed by atoms with van der Waals surface area (Å²) in [5, 5.41) is 3.14. The van der Waals surface area contributed by atoms with Gasteiger partial charge in [-0.3, -0.25) is 0 Å². The monoisotopic (exact) mass is 353 g/mol. The Morgan fingerprint density at radius 1 is 0.577 bits per heavy atom. The average Bonchev–Trinajstić information content (AvgIpc) is 3.07. The Hall–Kier alpha value is -3.03. The Balaban J connectivity index is 1.69. The molecular formula is C24H16ClN. The number of aromatic amines is 1. The third-order valence-corrected chi connectivity index (χ3v) is 5.12. The zero-order chi connectivity index (χ0) is 17.5. The molecule has 0 bridgehead atoms. The van der Waals surface area contributed by atoms with E-state index in [0.29, 0.717) is 0 Å². The Bertz CT molecular complexity index is 1220. The maximum absolute atomic E-state index is 6.25. The van der Waals surface area contributed by atoms with E-state index in [4.69, 9.17) is 11.6 Å². The topological polar surface area (TPSA) is 15.8 Å². The first-order valence-corrected chi connectivity index (χ1v) is 9.03. The molecule has 26 heavy (non-hydrogen) atoms. The summed E-state index contributed by atoms with van der Waals surface area (Å²) in [5.41, 5.74) is 7.12. The SMILES string of the molecule is Clc1ccc2[nH]c3cccc(-c4ccc(-c5ccccc5)cc4)c3c2c1. The Morgan fingerprint density at radius 2 is 1.31 bits per heavy atom. The lowest BCUT2D eigenvalue weighted by Gasteiger charge is -2.07. The number of halogens is 1. The fourth-order valence-corrected chi connectivity index (χ4v) is 3.81. The summed E-state index contributed by atoms with van der Waals surface area (Å²) < 4.78 is 0. The highest BCUT2D eigenvalue weighted by molar-refractivity contribution is 6.32. The quantitative estimate of drug-likeness (QED) is 0.342. The van der Waals surface area contributed by atoms with Gasteiger partial charge in [0.1, 0.15) is 0 Å². The smallest absolute Gasteiger partial charge is 0.0471 e. The first kappa shape index (κ1) is 15.2. The van der Waals surface area contributed by atoms with Crippen molar-refractivity contribution in [3.8, 4) is 22.3 Å². The molecule has 0 spiro atoms. The van der Waals surface area contributed by atoms with E-state index in [1.54, 1.807) is 0 Å².